The second-order valence-corrected chi connectivity index (χ2v) is 4.30. The molecule has 0 spiro atoms. The number of para-hydroxylation sites is 1. The van der Waals surface area contributed by atoms with Crippen molar-refractivity contribution >= 4 is 11.7 Å². The summed E-state index contributed by atoms with van der Waals surface area (Å²) in [5.74, 6) is -1.12. The van der Waals surface area contributed by atoms with Gasteiger partial charge in [-0.25, -0.2) is 4.79 Å². The molecular weight excluding hydrogens is 254 g/mol. The SMILES string of the molecule is O=C(O)c1ccccc1NC1OC[C@@H](O)[C@H](O)[C@H]1O. The molecule has 5 N–H and O–H groups in total. The molecule has 1 aromatic carbocycles. The van der Waals surface area contributed by atoms with Gasteiger partial charge in [-0.2, -0.15) is 0 Å². The normalized spacial score (nSPS) is 30.9. The number of carboxylic acids is 1. The highest BCUT2D eigenvalue weighted by molar-refractivity contribution is 5.94. The third-order valence-corrected chi connectivity index (χ3v) is 2.96. The molecule has 0 aliphatic carbocycles. The minimum Gasteiger partial charge on any atom is -0.478 e. The maximum atomic E-state index is 11.0. The van der Waals surface area contributed by atoms with Gasteiger partial charge in [-0.05, 0) is 12.1 Å². The van der Waals surface area contributed by atoms with Crippen molar-refractivity contribution in [3.05, 3.63) is 29.8 Å². The summed E-state index contributed by atoms with van der Waals surface area (Å²) < 4.78 is 5.15. The number of nitrogens with one attached hydrogen (secondary N) is 1. The molecule has 1 aliphatic rings. The van der Waals surface area contributed by atoms with Gasteiger partial charge >= 0.3 is 5.97 Å². The predicted molar refractivity (Wildman–Crippen MR) is 64.8 cm³/mol. The molecule has 1 saturated heterocycles. The number of benzene rings is 1. The van der Waals surface area contributed by atoms with Crippen molar-refractivity contribution in [3.8, 4) is 0 Å². The van der Waals surface area contributed by atoms with Crippen LogP contribution in [0.15, 0.2) is 24.3 Å². The molecule has 0 aromatic heterocycles. The average molecular weight is 269 g/mol. The zero-order valence-electron chi connectivity index (χ0n) is 9.93. The fraction of sp³-hybridized carbons (Fsp3) is 0.417. The van der Waals surface area contributed by atoms with Crippen molar-refractivity contribution in [1.29, 1.82) is 0 Å². The van der Waals surface area contributed by atoms with Gasteiger partial charge < -0.3 is 30.5 Å². The van der Waals surface area contributed by atoms with Crippen LogP contribution in [0.3, 0.4) is 0 Å². The summed E-state index contributed by atoms with van der Waals surface area (Å²) in [5.41, 5.74) is 0.293. The summed E-state index contributed by atoms with van der Waals surface area (Å²) >= 11 is 0. The average Bonchev–Trinajstić information content (AvgIpc) is 2.40. The number of aliphatic hydroxyl groups excluding tert-OH is 3. The van der Waals surface area contributed by atoms with E-state index in [2.05, 4.69) is 5.32 Å². The summed E-state index contributed by atoms with van der Waals surface area (Å²) in [6, 6.07) is 6.14. The zero-order chi connectivity index (χ0) is 14.0. The van der Waals surface area contributed by atoms with Gasteiger partial charge in [0, 0.05) is 0 Å². The highest BCUT2D eigenvalue weighted by atomic mass is 16.5. The number of hydrogen-bond acceptors (Lipinski definition) is 6. The molecule has 1 fully saturated rings. The second kappa shape index (κ2) is 5.54. The van der Waals surface area contributed by atoms with E-state index in [1.54, 1.807) is 12.1 Å². The smallest absolute Gasteiger partial charge is 0.337 e. The number of ether oxygens (including phenoxy) is 1. The Labute approximate surface area is 109 Å². The molecule has 4 atom stereocenters. The Morgan fingerprint density at radius 1 is 1.21 bits per heavy atom. The molecule has 1 heterocycles. The van der Waals surface area contributed by atoms with E-state index >= 15 is 0 Å². The predicted octanol–water partition coefficient (Wildman–Crippen LogP) is -0.764. The molecule has 1 aliphatic heterocycles. The van der Waals surface area contributed by atoms with E-state index in [4.69, 9.17) is 9.84 Å². The van der Waals surface area contributed by atoms with Crippen molar-refractivity contribution in [2.75, 3.05) is 11.9 Å². The monoisotopic (exact) mass is 269 g/mol. The summed E-state index contributed by atoms with van der Waals surface area (Å²) in [6.45, 7) is -0.148. The van der Waals surface area contributed by atoms with Gasteiger partial charge in [0.15, 0.2) is 6.23 Å². The number of carbonyl (C=O) groups is 1. The number of aromatic carboxylic acids is 1. The van der Waals surface area contributed by atoms with Crippen LogP contribution in [-0.4, -0.2) is 57.5 Å². The van der Waals surface area contributed by atoms with Crippen LogP contribution in [0.1, 0.15) is 10.4 Å². The van der Waals surface area contributed by atoms with Crippen LogP contribution in [0.5, 0.6) is 0 Å². The van der Waals surface area contributed by atoms with Crippen molar-refractivity contribution in [2.24, 2.45) is 0 Å². The van der Waals surface area contributed by atoms with Gasteiger partial charge in [0.25, 0.3) is 0 Å². The maximum Gasteiger partial charge on any atom is 0.337 e. The molecule has 7 nitrogen and oxygen atoms in total. The third-order valence-electron chi connectivity index (χ3n) is 2.96. The lowest BCUT2D eigenvalue weighted by Gasteiger charge is -2.36. The van der Waals surface area contributed by atoms with Gasteiger partial charge in [0.2, 0.25) is 0 Å². The number of aliphatic hydroxyl groups is 3. The van der Waals surface area contributed by atoms with Crippen LogP contribution >= 0.6 is 0 Å². The van der Waals surface area contributed by atoms with Gasteiger partial charge in [-0.15, -0.1) is 0 Å². The van der Waals surface area contributed by atoms with Crippen molar-refractivity contribution in [1.82, 2.24) is 0 Å². The first kappa shape index (κ1) is 13.8. The van der Waals surface area contributed by atoms with Gasteiger partial charge in [0.1, 0.15) is 18.3 Å². The minimum absolute atomic E-state index is 0.0268. The molecule has 1 aromatic rings. The van der Waals surface area contributed by atoms with Crippen LogP contribution in [0.2, 0.25) is 0 Å². The van der Waals surface area contributed by atoms with Crippen LogP contribution in [-0.2, 0) is 4.74 Å². The van der Waals surface area contributed by atoms with Gasteiger partial charge in [-0.1, -0.05) is 12.1 Å². The van der Waals surface area contributed by atoms with Crippen molar-refractivity contribution < 1.29 is 30.0 Å². The zero-order valence-corrected chi connectivity index (χ0v) is 9.93. The molecule has 2 rings (SSSR count). The molecule has 19 heavy (non-hydrogen) atoms. The summed E-state index contributed by atoms with van der Waals surface area (Å²) in [4.78, 5) is 11.0. The fourth-order valence-electron chi connectivity index (χ4n) is 1.88. The van der Waals surface area contributed by atoms with E-state index in [0.717, 1.165) is 0 Å². The Morgan fingerprint density at radius 3 is 2.58 bits per heavy atom. The Morgan fingerprint density at radius 2 is 1.89 bits per heavy atom. The Bertz CT molecular complexity index is 465. The van der Waals surface area contributed by atoms with E-state index in [1.165, 1.54) is 12.1 Å². The summed E-state index contributed by atoms with van der Waals surface area (Å²) in [6.07, 6.45) is -4.85. The van der Waals surface area contributed by atoms with Crippen LogP contribution in [0.25, 0.3) is 0 Å². The molecule has 0 saturated carbocycles. The van der Waals surface area contributed by atoms with Gasteiger partial charge in [0.05, 0.1) is 17.9 Å². The van der Waals surface area contributed by atoms with E-state index < -0.39 is 30.5 Å². The first-order valence-corrected chi connectivity index (χ1v) is 5.75. The van der Waals surface area contributed by atoms with Crippen LogP contribution in [0, 0.1) is 0 Å². The highest BCUT2D eigenvalue weighted by Crippen LogP contribution is 2.21. The lowest BCUT2D eigenvalue weighted by atomic mass is 10.0. The van der Waals surface area contributed by atoms with Gasteiger partial charge in [-0.3, -0.25) is 0 Å². The third kappa shape index (κ3) is 2.85. The van der Waals surface area contributed by atoms with Crippen molar-refractivity contribution in [2.45, 2.75) is 24.5 Å². The van der Waals surface area contributed by atoms with Crippen LogP contribution < -0.4 is 5.32 Å². The Balaban J connectivity index is 2.15. The Kier molecular flexibility index (Phi) is 4.01. The number of rotatable bonds is 3. The van der Waals surface area contributed by atoms with E-state index in [-0.39, 0.29) is 17.9 Å². The number of hydrogen-bond donors (Lipinski definition) is 5. The molecule has 0 radical (unpaired) electrons. The molecule has 104 valence electrons. The molecule has 0 amide bonds. The summed E-state index contributed by atoms with van der Waals surface area (Å²) in [7, 11) is 0. The summed E-state index contributed by atoms with van der Waals surface area (Å²) in [5, 5.41) is 40.3. The first-order chi connectivity index (χ1) is 9.00. The quantitative estimate of drug-likeness (QED) is 0.489. The van der Waals surface area contributed by atoms with E-state index in [9.17, 15) is 20.1 Å². The molecule has 1 unspecified atom stereocenters. The first-order valence-electron chi connectivity index (χ1n) is 5.75. The molecule has 7 heteroatoms. The topological polar surface area (TPSA) is 119 Å². The minimum atomic E-state index is -1.36. The number of carboxylic acid groups (broad SMARTS) is 1. The van der Waals surface area contributed by atoms with Crippen LogP contribution in [0.4, 0.5) is 5.69 Å². The molecular formula is C12H15NO6. The lowest BCUT2D eigenvalue weighted by molar-refractivity contribution is -0.178. The van der Waals surface area contributed by atoms with E-state index in [1.807, 2.05) is 0 Å². The Hall–Kier alpha value is -1.67. The van der Waals surface area contributed by atoms with Crippen molar-refractivity contribution in [3.63, 3.8) is 0 Å². The standard InChI is InChI=1S/C12H15NO6/c14-8-5-19-11(10(16)9(8)15)13-7-4-2-1-3-6(7)12(17)18/h1-4,8-11,13-16H,5H2,(H,17,18)/t8-,9+,10-,11?/m1/s1. The number of anilines is 1. The van der Waals surface area contributed by atoms with E-state index in [0.29, 0.717) is 0 Å². The lowest BCUT2D eigenvalue weighted by Crippen LogP contribution is -2.55. The maximum absolute atomic E-state index is 11.0. The fourth-order valence-corrected chi connectivity index (χ4v) is 1.88. The highest BCUT2D eigenvalue weighted by Gasteiger charge is 2.37. The second-order valence-electron chi connectivity index (χ2n) is 4.30. The molecule has 0 bridgehead atoms. The largest absolute Gasteiger partial charge is 0.478 e.